The molecule has 1 aromatic heterocycles. The van der Waals surface area contributed by atoms with Gasteiger partial charge in [-0.3, -0.25) is 0 Å². The van der Waals surface area contributed by atoms with E-state index in [1.807, 2.05) is 13.1 Å². The average molecular weight is 276 g/mol. The van der Waals surface area contributed by atoms with Gasteiger partial charge in [0.2, 0.25) is 0 Å². The Bertz CT molecular complexity index is 595. The molecule has 1 aliphatic carbocycles. The van der Waals surface area contributed by atoms with Gasteiger partial charge in [-0.05, 0) is 30.5 Å². The second-order valence-corrected chi connectivity index (χ2v) is 5.10. The minimum Gasteiger partial charge on any atom is -0.485 e. The zero-order valence-corrected chi connectivity index (χ0v) is 11.3. The predicted octanol–water partition coefficient (Wildman–Crippen LogP) is 1.79. The maximum Gasteiger partial charge on any atom is 0.170 e. The Hall–Kier alpha value is -1.95. The Kier molecular flexibility index (Phi) is 3.64. The molecule has 2 aromatic rings. The van der Waals surface area contributed by atoms with Crippen molar-refractivity contribution in [1.29, 1.82) is 0 Å². The smallest absolute Gasteiger partial charge is 0.170 e. The molecule has 1 aromatic carbocycles. The van der Waals surface area contributed by atoms with Crippen LogP contribution in [0.3, 0.4) is 0 Å². The molecule has 0 bridgehead atoms. The summed E-state index contributed by atoms with van der Waals surface area (Å²) < 4.78 is 20.9. The van der Waals surface area contributed by atoms with E-state index in [0.717, 1.165) is 5.56 Å². The number of benzene rings is 1. The fourth-order valence-electron chi connectivity index (χ4n) is 1.94. The third-order valence-electron chi connectivity index (χ3n) is 3.28. The van der Waals surface area contributed by atoms with E-state index < -0.39 is 0 Å². The number of aryl methyl sites for hydroxylation is 1. The Morgan fingerprint density at radius 3 is 2.95 bits per heavy atom. The van der Waals surface area contributed by atoms with Gasteiger partial charge in [-0.25, -0.2) is 4.39 Å². The third-order valence-corrected chi connectivity index (χ3v) is 3.28. The third kappa shape index (κ3) is 3.33. The molecule has 0 radical (unpaired) electrons. The summed E-state index contributed by atoms with van der Waals surface area (Å²) in [5, 5.41) is 11.1. The van der Waals surface area contributed by atoms with Gasteiger partial charge in [-0.15, -0.1) is 10.2 Å². The fraction of sp³-hybridized carbons (Fsp3) is 0.429. The summed E-state index contributed by atoms with van der Waals surface area (Å²) in [7, 11) is 1.84. The van der Waals surface area contributed by atoms with E-state index in [9.17, 15) is 4.39 Å². The summed E-state index contributed by atoms with van der Waals surface area (Å²) in [5.41, 5.74) is 0.893. The Balaban J connectivity index is 1.64. The van der Waals surface area contributed by atoms with E-state index in [1.165, 1.54) is 25.0 Å². The molecule has 0 spiro atoms. The largest absolute Gasteiger partial charge is 0.485 e. The number of rotatable bonds is 6. The lowest BCUT2D eigenvalue weighted by molar-refractivity contribution is 0.289. The number of ether oxygens (including phenoxy) is 1. The maximum atomic E-state index is 13.6. The molecule has 1 aliphatic rings. The van der Waals surface area contributed by atoms with Crippen LogP contribution in [-0.4, -0.2) is 20.8 Å². The molecule has 0 atom stereocenters. The van der Waals surface area contributed by atoms with Crippen molar-refractivity contribution in [2.45, 2.75) is 32.0 Å². The lowest BCUT2D eigenvalue weighted by atomic mass is 10.2. The molecule has 106 valence electrons. The summed E-state index contributed by atoms with van der Waals surface area (Å²) in [5.74, 6) is 0.931. The number of hydrogen-bond acceptors (Lipinski definition) is 4. The topological polar surface area (TPSA) is 52.0 Å². The highest BCUT2D eigenvalue weighted by molar-refractivity contribution is 5.29. The number of halogens is 1. The van der Waals surface area contributed by atoms with E-state index in [0.29, 0.717) is 24.2 Å². The van der Waals surface area contributed by atoms with Gasteiger partial charge in [0.15, 0.2) is 5.82 Å². The molecule has 3 rings (SSSR count). The van der Waals surface area contributed by atoms with Crippen molar-refractivity contribution in [3.8, 4) is 5.75 Å². The molecule has 0 saturated heterocycles. The summed E-state index contributed by atoms with van der Waals surface area (Å²) >= 11 is 0. The summed E-state index contributed by atoms with van der Waals surface area (Å²) in [6.45, 7) is 0.943. The summed E-state index contributed by atoms with van der Waals surface area (Å²) in [4.78, 5) is 0. The van der Waals surface area contributed by atoms with Gasteiger partial charge in [-0.2, -0.15) is 0 Å². The van der Waals surface area contributed by atoms with Crippen molar-refractivity contribution in [2.24, 2.45) is 7.05 Å². The molecule has 0 unspecified atom stereocenters. The van der Waals surface area contributed by atoms with Crippen LogP contribution in [0.4, 0.5) is 4.39 Å². The van der Waals surface area contributed by atoms with Crippen LogP contribution in [0.2, 0.25) is 0 Å². The van der Waals surface area contributed by atoms with Crippen molar-refractivity contribution >= 4 is 0 Å². The molecule has 1 N–H and O–H groups in total. The molecule has 0 aliphatic heterocycles. The average Bonchev–Trinajstić information content (AvgIpc) is 3.16. The number of hydrogen-bond donors (Lipinski definition) is 1. The normalized spacial score (nSPS) is 14.5. The van der Waals surface area contributed by atoms with Gasteiger partial charge in [0.05, 0.1) is 0 Å². The molecule has 6 heteroatoms. The van der Waals surface area contributed by atoms with E-state index in [4.69, 9.17) is 4.74 Å². The standard InChI is InChI=1S/C14H17FN4O/c1-19-9-17-18-14(19)8-20-13-5-10(4-11(15)6-13)7-16-12-2-3-12/h4-6,9,12,16H,2-3,7-8H2,1H3. The van der Waals surface area contributed by atoms with Crippen molar-refractivity contribution in [2.75, 3.05) is 0 Å². The second kappa shape index (κ2) is 5.58. The van der Waals surface area contributed by atoms with Crippen molar-refractivity contribution in [3.05, 3.63) is 41.7 Å². The van der Waals surface area contributed by atoms with Crippen LogP contribution in [-0.2, 0) is 20.2 Å². The van der Waals surface area contributed by atoms with Gasteiger partial charge in [0.25, 0.3) is 0 Å². The molecule has 1 saturated carbocycles. The lowest BCUT2D eigenvalue weighted by Gasteiger charge is -2.09. The predicted molar refractivity (Wildman–Crippen MR) is 71.6 cm³/mol. The summed E-state index contributed by atoms with van der Waals surface area (Å²) in [6.07, 6.45) is 4.03. The van der Waals surface area contributed by atoms with E-state index in [-0.39, 0.29) is 12.4 Å². The Labute approximate surface area is 116 Å². The van der Waals surface area contributed by atoms with Crippen molar-refractivity contribution in [1.82, 2.24) is 20.1 Å². The van der Waals surface area contributed by atoms with Crippen LogP contribution in [0.1, 0.15) is 24.2 Å². The maximum absolute atomic E-state index is 13.6. The zero-order valence-electron chi connectivity index (χ0n) is 11.3. The quantitative estimate of drug-likeness (QED) is 0.874. The van der Waals surface area contributed by atoms with Gasteiger partial charge >= 0.3 is 0 Å². The fourth-order valence-corrected chi connectivity index (χ4v) is 1.94. The van der Waals surface area contributed by atoms with E-state index in [1.54, 1.807) is 10.9 Å². The van der Waals surface area contributed by atoms with Crippen LogP contribution >= 0.6 is 0 Å². The molecule has 1 heterocycles. The second-order valence-electron chi connectivity index (χ2n) is 5.10. The van der Waals surface area contributed by atoms with Gasteiger partial charge in [0.1, 0.15) is 24.5 Å². The van der Waals surface area contributed by atoms with Gasteiger partial charge in [0, 0.05) is 25.7 Å². The van der Waals surface area contributed by atoms with Gasteiger partial charge < -0.3 is 14.6 Å². The van der Waals surface area contributed by atoms with Crippen LogP contribution in [0.15, 0.2) is 24.5 Å². The first kappa shape index (κ1) is 13.1. The molecular weight excluding hydrogens is 259 g/mol. The molecule has 1 fully saturated rings. The number of nitrogens with one attached hydrogen (secondary N) is 1. The Morgan fingerprint density at radius 1 is 1.40 bits per heavy atom. The Morgan fingerprint density at radius 2 is 2.25 bits per heavy atom. The number of nitrogens with zero attached hydrogens (tertiary/aromatic N) is 3. The zero-order chi connectivity index (χ0) is 13.9. The first-order chi connectivity index (χ1) is 9.70. The molecule has 20 heavy (non-hydrogen) atoms. The van der Waals surface area contributed by atoms with Crippen molar-refractivity contribution in [3.63, 3.8) is 0 Å². The summed E-state index contributed by atoms with van der Waals surface area (Å²) in [6, 6.07) is 5.37. The minimum absolute atomic E-state index is 0.273. The van der Waals surface area contributed by atoms with Crippen LogP contribution in [0.25, 0.3) is 0 Å². The van der Waals surface area contributed by atoms with E-state index >= 15 is 0 Å². The number of aromatic nitrogens is 3. The van der Waals surface area contributed by atoms with Crippen molar-refractivity contribution < 1.29 is 9.13 Å². The highest BCUT2D eigenvalue weighted by Gasteiger charge is 2.20. The molecule has 0 amide bonds. The first-order valence-electron chi connectivity index (χ1n) is 6.69. The molecular formula is C14H17FN4O. The van der Waals surface area contributed by atoms with Crippen LogP contribution in [0, 0.1) is 5.82 Å². The lowest BCUT2D eigenvalue weighted by Crippen LogP contribution is -2.15. The van der Waals surface area contributed by atoms with Crippen LogP contribution < -0.4 is 10.1 Å². The first-order valence-corrected chi connectivity index (χ1v) is 6.69. The highest BCUT2D eigenvalue weighted by Crippen LogP contribution is 2.21. The van der Waals surface area contributed by atoms with E-state index in [2.05, 4.69) is 15.5 Å². The minimum atomic E-state index is -0.284. The van der Waals surface area contributed by atoms with Gasteiger partial charge in [-0.1, -0.05) is 0 Å². The van der Waals surface area contributed by atoms with Crippen LogP contribution in [0.5, 0.6) is 5.75 Å². The molecule has 5 nitrogen and oxygen atoms in total. The highest BCUT2D eigenvalue weighted by atomic mass is 19.1. The monoisotopic (exact) mass is 276 g/mol. The SMILES string of the molecule is Cn1cnnc1COc1cc(F)cc(CNC2CC2)c1.